The maximum absolute atomic E-state index is 13.0. The number of piperidine rings is 1. The number of amides is 1. The molecule has 1 aromatic carbocycles. The normalized spacial score (nSPS) is 28.1. The van der Waals surface area contributed by atoms with E-state index in [0.29, 0.717) is 18.2 Å². The predicted octanol–water partition coefficient (Wildman–Crippen LogP) is 4.16. The van der Waals surface area contributed by atoms with Crippen molar-refractivity contribution in [3.8, 4) is 0 Å². The Labute approximate surface area is 146 Å². The second-order valence-electron chi connectivity index (χ2n) is 7.87. The van der Waals surface area contributed by atoms with Crippen molar-refractivity contribution < 1.29 is 9.53 Å². The number of likely N-dealkylation sites (tertiary alicyclic amines) is 1. The second-order valence-corrected chi connectivity index (χ2v) is 7.87. The lowest BCUT2D eigenvalue weighted by Gasteiger charge is -2.43. The summed E-state index contributed by atoms with van der Waals surface area (Å²) in [4.78, 5) is 15.1. The van der Waals surface area contributed by atoms with Crippen LogP contribution in [0.1, 0.15) is 57.9 Å². The summed E-state index contributed by atoms with van der Waals surface area (Å²) in [6.45, 7) is 7.07. The Bertz CT molecular complexity index is 536. The Kier molecular flexibility index (Phi) is 5.60. The van der Waals surface area contributed by atoms with Crippen LogP contribution in [0.15, 0.2) is 30.3 Å². The molecule has 3 nitrogen and oxygen atoms in total. The van der Waals surface area contributed by atoms with Gasteiger partial charge >= 0.3 is 0 Å². The SMILES string of the molecule is CC(C)C1CC(CC(=O)N2CCCCC2)(c2ccccc2)CCO1. The van der Waals surface area contributed by atoms with Crippen LogP contribution >= 0.6 is 0 Å². The molecule has 0 aromatic heterocycles. The molecule has 3 rings (SSSR count). The summed E-state index contributed by atoms with van der Waals surface area (Å²) in [5.41, 5.74) is 1.24. The van der Waals surface area contributed by atoms with E-state index < -0.39 is 0 Å². The zero-order valence-electron chi connectivity index (χ0n) is 15.2. The van der Waals surface area contributed by atoms with Crippen molar-refractivity contribution in [2.75, 3.05) is 19.7 Å². The number of ether oxygens (including phenoxy) is 1. The van der Waals surface area contributed by atoms with Crippen molar-refractivity contribution in [2.45, 2.75) is 63.9 Å². The fourth-order valence-corrected chi connectivity index (χ4v) is 4.24. The minimum Gasteiger partial charge on any atom is -0.378 e. The quantitative estimate of drug-likeness (QED) is 0.830. The molecule has 1 aromatic rings. The third-order valence-electron chi connectivity index (χ3n) is 5.83. The maximum Gasteiger partial charge on any atom is 0.223 e. The van der Waals surface area contributed by atoms with Crippen molar-refractivity contribution >= 4 is 5.91 Å². The number of carbonyl (C=O) groups is 1. The number of benzene rings is 1. The first-order valence-electron chi connectivity index (χ1n) is 9.56. The summed E-state index contributed by atoms with van der Waals surface area (Å²) < 4.78 is 6.02. The van der Waals surface area contributed by atoms with E-state index in [1.165, 1.54) is 12.0 Å². The monoisotopic (exact) mass is 329 g/mol. The Morgan fingerprint density at radius 1 is 1.21 bits per heavy atom. The first kappa shape index (κ1) is 17.5. The summed E-state index contributed by atoms with van der Waals surface area (Å²) in [5, 5.41) is 0. The summed E-state index contributed by atoms with van der Waals surface area (Å²) in [6, 6.07) is 10.7. The lowest BCUT2D eigenvalue weighted by Crippen LogP contribution is -2.46. The van der Waals surface area contributed by atoms with Gasteiger partial charge in [-0.25, -0.2) is 0 Å². The molecule has 2 heterocycles. The molecule has 3 heteroatoms. The highest BCUT2D eigenvalue weighted by Crippen LogP contribution is 2.42. The van der Waals surface area contributed by atoms with Crippen LogP contribution in [0.5, 0.6) is 0 Å². The zero-order valence-corrected chi connectivity index (χ0v) is 15.2. The van der Waals surface area contributed by atoms with Gasteiger partial charge in [-0.15, -0.1) is 0 Å². The van der Waals surface area contributed by atoms with Gasteiger partial charge in [-0.1, -0.05) is 44.2 Å². The highest BCUT2D eigenvalue weighted by Gasteiger charge is 2.41. The van der Waals surface area contributed by atoms with Crippen LogP contribution < -0.4 is 0 Å². The smallest absolute Gasteiger partial charge is 0.223 e. The molecular weight excluding hydrogens is 298 g/mol. The fraction of sp³-hybridized carbons (Fsp3) is 0.667. The number of hydrogen-bond donors (Lipinski definition) is 0. The van der Waals surface area contributed by atoms with Crippen molar-refractivity contribution in [1.82, 2.24) is 4.90 Å². The lowest BCUT2D eigenvalue weighted by molar-refractivity contribution is -0.135. The average Bonchev–Trinajstić information content (AvgIpc) is 2.63. The molecule has 0 N–H and O–H groups in total. The number of rotatable bonds is 4. The minimum absolute atomic E-state index is 0.0665. The molecule has 2 aliphatic heterocycles. The van der Waals surface area contributed by atoms with Gasteiger partial charge in [0.2, 0.25) is 5.91 Å². The van der Waals surface area contributed by atoms with Gasteiger partial charge in [-0.3, -0.25) is 4.79 Å². The summed E-state index contributed by atoms with van der Waals surface area (Å²) in [7, 11) is 0. The topological polar surface area (TPSA) is 29.5 Å². The Hall–Kier alpha value is -1.35. The van der Waals surface area contributed by atoms with Gasteiger partial charge in [0.05, 0.1) is 6.10 Å². The van der Waals surface area contributed by atoms with Gasteiger partial charge in [0.25, 0.3) is 0 Å². The van der Waals surface area contributed by atoms with E-state index in [1.807, 2.05) is 0 Å². The van der Waals surface area contributed by atoms with Crippen molar-refractivity contribution in [3.05, 3.63) is 35.9 Å². The van der Waals surface area contributed by atoms with Gasteiger partial charge in [-0.2, -0.15) is 0 Å². The highest BCUT2D eigenvalue weighted by molar-refractivity contribution is 5.78. The maximum atomic E-state index is 13.0. The van der Waals surface area contributed by atoms with E-state index in [2.05, 4.69) is 49.1 Å². The van der Waals surface area contributed by atoms with Crippen LogP contribution in [0.4, 0.5) is 0 Å². The average molecular weight is 329 g/mol. The molecule has 2 atom stereocenters. The molecule has 132 valence electrons. The van der Waals surface area contributed by atoms with Crippen LogP contribution in [-0.2, 0) is 14.9 Å². The highest BCUT2D eigenvalue weighted by atomic mass is 16.5. The Balaban J connectivity index is 1.83. The molecular formula is C21H31NO2. The molecule has 0 aliphatic carbocycles. The third kappa shape index (κ3) is 3.83. The van der Waals surface area contributed by atoms with Gasteiger partial charge in [-0.05, 0) is 43.6 Å². The van der Waals surface area contributed by atoms with E-state index >= 15 is 0 Å². The summed E-state index contributed by atoms with van der Waals surface area (Å²) >= 11 is 0. The van der Waals surface area contributed by atoms with Crippen LogP contribution in [0, 0.1) is 5.92 Å². The van der Waals surface area contributed by atoms with Crippen molar-refractivity contribution in [2.24, 2.45) is 5.92 Å². The van der Waals surface area contributed by atoms with Gasteiger partial charge in [0.1, 0.15) is 0 Å². The molecule has 2 unspecified atom stereocenters. The van der Waals surface area contributed by atoms with Crippen molar-refractivity contribution in [1.29, 1.82) is 0 Å². The molecule has 2 saturated heterocycles. The van der Waals surface area contributed by atoms with Crippen LogP contribution in [0.25, 0.3) is 0 Å². The van der Waals surface area contributed by atoms with E-state index in [-0.39, 0.29) is 11.5 Å². The largest absolute Gasteiger partial charge is 0.378 e. The zero-order chi connectivity index (χ0) is 17.0. The fourth-order valence-electron chi connectivity index (χ4n) is 4.24. The van der Waals surface area contributed by atoms with E-state index in [4.69, 9.17) is 4.74 Å². The molecule has 1 amide bonds. The standard InChI is InChI=1S/C21H31NO2/c1-17(2)19-15-21(11-14-24-19,18-9-5-3-6-10-18)16-20(23)22-12-7-4-8-13-22/h3,5-6,9-10,17,19H,4,7-8,11-16H2,1-2H3. The predicted molar refractivity (Wildman–Crippen MR) is 97.0 cm³/mol. The van der Waals surface area contributed by atoms with Gasteiger partial charge in [0, 0.05) is 31.5 Å². The molecule has 2 aliphatic rings. The number of hydrogen-bond acceptors (Lipinski definition) is 2. The Morgan fingerprint density at radius 3 is 2.58 bits per heavy atom. The van der Waals surface area contributed by atoms with Gasteiger partial charge < -0.3 is 9.64 Å². The minimum atomic E-state index is -0.0665. The molecule has 0 spiro atoms. The summed E-state index contributed by atoms with van der Waals surface area (Å²) in [6.07, 6.45) is 6.34. The van der Waals surface area contributed by atoms with Crippen LogP contribution in [0.2, 0.25) is 0 Å². The number of carbonyl (C=O) groups excluding carboxylic acids is 1. The molecule has 0 radical (unpaired) electrons. The van der Waals surface area contributed by atoms with Gasteiger partial charge in [0.15, 0.2) is 0 Å². The first-order valence-corrected chi connectivity index (χ1v) is 9.56. The molecule has 24 heavy (non-hydrogen) atoms. The third-order valence-corrected chi connectivity index (χ3v) is 5.83. The van der Waals surface area contributed by atoms with Crippen LogP contribution in [0.3, 0.4) is 0 Å². The second kappa shape index (κ2) is 7.69. The first-order chi connectivity index (χ1) is 11.6. The lowest BCUT2D eigenvalue weighted by atomic mass is 9.68. The summed E-state index contributed by atoms with van der Waals surface area (Å²) in [5.74, 6) is 0.821. The Morgan fingerprint density at radius 2 is 1.92 bits per heavy atom. The number of nitrogens with zero attached hydrogens (tertiary/aromatic N) is 1. The van der Waals surface area contributed by atoms with Crippen molar-refractivity contribution in [3.63, 3.8) is 0 Å². The molecule has 2 fully saturated rings. The molecule has 0 saturated carbocycles. The van der Waals surface area contributed by atoms with E-state index in [1.54, 1.807) is 0 Å². The molecule has 0 bridgehead atoms. The van der Waals surface area contributed by atoms with E-state index in [0.717, 1.165) is 45.4 Å². The van der Waals surface area contributed by atoms with Crippen LogP contribution in [-0.4, -0.2) is 36.6 Å². The van der Waals surface area contributed by atoms with E-state index in [9.17, 15) is 4.79 Å².